The Hall–Kier alpha value is -3.48. The van der Waals surface area contributed by atoms with Gasteiger partial charge in [-0.3, -0.25) is 14.6 Å². The number of rotatable bonds is 6. The Balaban J connectivity index is 1.54. The van der Waals surface area contributed by atoms with E-state index in [1.54, 1.807) is 31.9 Å². The summed E-state index contributed by atoms with van der Waals surface area (Å²) < 4.78 is 19.9. The second kappa shape index (κ2) is 9.88. The van der Waals surface area contributed by atoms with Gasteiger partial charge in [-0.15, -0.1) is 0 Å². The summed E-state index contributed by atoms with van der Waals surface area (Å²) >= 11 is 0. The number of carbonyl (C=O) groups is 2. The molecule has 2 atom stereocenters. The number of hydrogen-bond acceptors (Lipinski definition) is 4. The average molecular weight is 493 g/mol. The third kappa shape index (κ3) is 4.92. The summed E-state index contributed by atoms with van der Waals surface area (Å²) in [5.41, 5.74) is 3.47. The molecule has 1 fully saturated rings. The number of aliphatic carboxylic acids is 1. The molecule has 1 aliphatic heterocycles. The lowest BCUT2D eigenvalue weighted by atomic mass is 9.74. The molecule has 1 amide bonds. The number of carbonyl (C=O) groups excluding carboxylic acids is 1. The Morgan fingerprint density at radius 3 is 2.53 bits per heavy atom. The zero-order chi connectivity index (χ0) is 26.2. The van der Waals surface area contributed by atoms with E-state index in [0.717, 1.165) is 40.5 Å². The maximum Gasteiger partial charge on any atom is 0.309 e. The first-order valence-corrected chi connectivity index (χ1v) is 12.3. The predicted octanol–water partition coefficient (Wildman–Crippen LogP) is 5.77. The predicted molar refractivity (Wildman–Crippen MR) is 137 cm³/mol. The fourth-order valence-corrected chi connectivity index (χ4v) is 5.21. The second-order valence-electron chi connectivity index (χ2n) is 10.4. The summed E-state index contributed by atoms with van der Waals surface area (Å²) in [6.45, 7) is 9.95. The van der Waals surface area contributed by atoms with Gasteiger partial charge in [0, 0.05) is 30.7 Å². The van der Waals surface area contributed by atoms with Gasteiger partial charge in [-0.05, 0) is 106 Å². The number of pyridine rings is 1. The number of benzene rings is 2. The van der Waals surface area contributed by atoms with Crippen LogP contribution in [-0.2, 0) is 9.59 Å². The van der Waals surface area contributed by atoms with Gasteiger partial charge < -0.3 is 14.7 Å². The monoisotopic (exact) mass is 492 g/mol. The van der Waals surface area contributed by atoms with Crippen LogP contribution in [0.3, 0.4) is 0 Å². The quantitative estimate of drug-likeness (QED) is 0.472. The van der Waals surface area contributed by atoms with Crippen molar-refractivity contribution in [1.29, 1.82) is 0 Å². The van der Waals surface area contributed by atoms with Crippen molar-refractivity contribution in [1.82, 2.24) is 9.88 Å². The topological polar surface area (TPSA) is 79.7 Å². The van der Waals surface area contributed by atoms with Gasteiger partial charge in [-0.25, -0.2) is 4.39 Å². The SMILES string of the molecule is Cc1cc(F)cc(C)c1-c1ccnc2cc(O[C@H](C)C(=O)N3CCCC(C(C)(C)C(=O)O)C3)ccc12. The molecule has 0 spiro atoms. The lowest BCUT2D eigenvalue weighted by molar-refractivity contribution is -0.154. The van der Waals surface area contributed by atoms with Crippen LogP contribution in [0.5, 0.6) is 5.75 Å². The van der Waals surface area contributed by atoms with Crippen molar-refractivity contribution in [3.63, 3.8) is 0 Å². The lowest BCUT2D eigenvalue weighted by Gasteiger charge is -2.40. The number of likely N-dealkylation sites (tertiary alicyclic amines) is 1. The molecule has 1 saturated heterocycles. The number of carboxylic acids is 1. The van der Waals surface area contributed by atoms with Crippen LogP contribution < -0.4 is 4.74 Å². The van der Waals surface area contributed by atoms with Crippen molar-refractivity contribution < 1.29 is 23.8 Å². The second-order valence-corrected chi connectivity index (χ2v) is 10.4. The molecule has 3 aromatic rings. The van der Waals surface area contributed by atoms with E-state index < -0.39 is 17.5 Å². The maximum atomic E-state index is 13.8. The molecule has 6 nitrogen and oxygen atoms in total. The minimum atomic E-state index is -0.897. The van der Waals surface area contributed by atoms with E-state index in [9.17, 15) is 19.1 Å². The number of carboxylic acid groups (broad SMARTS) is 1. The molecule has 0 bridgehead atoms. The van der Waals surface area contributed by atoms with Crippen LogP contribution in [0.4, 0.5) is 4.39 Å². The third-order valence-electron chi connectivity index (χ3n) is 7.45. The van der Waals surface area contributed by atoms with Crippen molar-refractivity contribution >= 4 is 22.8 Å². The van der Waals surface area contributed by atoms with Gasteiger partial charge in [-0.2, -0.15) is 0 Å². The minimum Gasteiger partial charge on any atom is -0.481 e. The molecule has 1 aromatic heterocycles. The number of aryl methyl sites for hydroxylation is 2. The van der Waals surface area contributed by atoms with Crippen LogP contribution in [-0.4, -0.2) is 46.1 Å². The van der Waals surface area contributed by atoms with Gasteiger partial charge >= 0.3 is 5.97 Å². The molecule has 0 radical (unpaired) electrons. The zero-order valence-corrected chi connectivity index (χ0v) is 21.5. The van der Waals surface area contributed by atoms with Crippen LogP contribution in [0.15, 0.2) is 42.6 Å². The van der Waals surface area contributed by atoms with Crippen LogP contribution in [0.2, 0.25) is 0 Å². The molecule has 1 aliphatic rings. The number of aromatic nitrogens is 1. The third-order valence-corrected chi connectivity index (χ3v) is 7.45. The number of amides is 1. The fourth-order valence-electron chi connectivity index (χ4n) is 5.21. The number of halogens is 1. The maximum absolute atomic E-state index is 13.8. The van der Waals surface area contributed by atoms with Gasteiger partial charge in [-0.1, -0.05) is 0 Å². The highest BCUT2D eigenvalue weighted by Crippen LogP contribution is 2.36. The molecule has 2 aromatic carbocycles. The van der Waals surface area contributed by atoms with Crippen molar-refractivity contribution in [3.05, 3.63) is 59.5 Å². The van der Waals surface area contributed by atoms with Crippen molar-refractivity contribution in [3.8, 4) is 16.9 Å². The standard InChI is InChI=1S/C29H33FN2O4/c1-17-13-21(30)14-18(2)26(17)24-10-11-31-25-15-22(8-9-23(24)25)36-19(3)27(33)32-12-6-7-20(16-32)29(4,5)28(34)35/h8-11,13-15,19-20H,6-7,12,16H2,1-5H3,(H,34,35)/t19-,20?/m1/s1. The van der Waals surface area contributed by atoms with Crippen LogP contribution in [0.1, 0.15) is 44.7 Å². The number of piperidine rings is 1. The largest absolute Gasteiger partial charge is 0.481 e. The van der Waals surface area contributed by atoms with Crippen LogP contribution in [0.25, 0.3) is 22.0 Å². The van der Waals surface area contributed by atoms with Gasteiger partial charge in [0.25, 0.3) is 5.91 Å². The first kappa shape index (κ1) is 25.6. The Morgan fingerprint density at radius 2 is 1.86 bits per heavy atom. The van der Waals surface area contributed by atoms with E-state index in [1.807, 2.05) is 38.1 Å². The molecule has 0 saturated carbocycles. The van der Waals surface area contributed by atoms with E-state index >= 15 is 0 Å². The van der Waals surface area contributed by atoms with Crippen LogP contribution >= 0.6 is 0 Å². The number of nitrogens with zero attached hydrogens (tertiary/aromatic N) is 2. The van der Waals surface area contributed by atoms with Gasteiger partial charge in [0.1, 0.15) is 11.6 Å². The lowest BCUT2D eigenvalue weighted by Crippen LogP contribution is -2.50. The number of hydrogen-bond donors (Lipinski definition) is 1. The van der Waals surface area contributed by atoms with Crippen molar-refractivity contribution in [2.24, 2.45) is 11.3 Å². The van der Waals surface area contributed by atoms with Gasteiger partial charge in [0.2, 0.25) is 0 Å². The summed E-state index contributed by atoms with van der Waals surface area (Å²) in [4.78, 5) is 31.1. The van der Waals surface area contributed by atoms with E-state index in [0.29, 0.717) is 24.4 Å². The molecule has 0 aliphatic carbocycles. The van der Waals surface area contributed by atoms with E-state index in [2.05, 4.69) is 4.98 Å². The fraction of sp³-hybridized carbons (Fsp3) is 0.414. The molecule has 4 rings (SSSR count). The van der Waals surface area contributed by atoms with Gasteiger partial charge in [0.05, 0.1) is 10.9 Å². The number of fused-ring (bicyclic) bond motifs is 1. The molecule has 7 heteroatoms. The van der Waals surface area contributed by atoms with Gasteiger partial charge in [0.15, 0.2) is 6.10 Å². The average Bonchev–Trinajstić information content (AvgIpc) is 2.83. The molecular formula is C29H33FN2O4. The van der Waals surface area contributed by atoms with E-state index in [1.165, 1.54) is 12.1 Å². The summed E-state index contributed by atoms with van der Waals surface area (Å²) in [7, 11) is 0. The zero-order valence-electron chi connectivity index (χ0n) is 21.5. The minimum absolute atomic E-state index is 0.110. The van der Waals surface area contributed by atoms with Crippen molar-refractivity contribution in [2.45, 2.75) is 53.6 Å². The first-order valence-electron chi connectivity index (χ1n) is 12.3. The van der Waals surface area contributed by atoms with E-state index in [4.69, 9.17) is 4.74 Å². The summed E-state index contributed by atoms with van der Waals surface area (Å²) in [5, 5.41) is 10.5. The Labute approximate surface area is 211 Å². The summed E-state index contributed by atoms with van der Waals surface area (Å²) in [5.74, 6) is -0.838. The van der Waals surface area contributed by atoms with Crippen LogP contribution in [0, 0.1) is 31.0 Å². The Bertz CT molecular complexity index is 1300. The normalized spacial score (nSPS) is 17.2. The Kier molecular flexibility index (Phi) is 7.03. The Morgan fingerprint density at radius 1 is 1.17 bits per heavy atom. The highest BCUT2D eigenvalue weighted by Gasteiger charge is 2.40. The molecule has 1 unspecified atom stereocenters. The van der Waals surface area contributed by atoms with E-state index in [-0.39, 0.29) is 17.6 Å². The molecule has 190 valence electrons. The molecule has 1 N–H and O–H groups in total. The number of ether oxygens (including phenoxy) is 1. The first-order chi connectivity index (χ1) is 17.0. The highest BCUT2D eigenvalue weighted by atomic mass is 19.1. The molecular weight excluding hydrogens is 459 g/mol. The molecule has 36 heavy (non-hydrogen) atoms. The molecule has 2 heterocycles. The summed E-state index contributed by atoms with van der Waals surface area (Å²) in [6, 6.07) is 10.5. The smallest absolute Gasteiger partial charge is 0.309 e. The summed E-state index contributed by atoms with van der Waals surface area (Å²) in [6.07, 6.45) is 2.55. The highest BCUT2D eigenvalue weighted by molar-refractivity contribution is 5.96. The van der Waals surface area contributed by atoms with Crippen molar-refractivity contribution in [2.75, 3.05) is 13.1 Å².